The minimum absolute atomic E-state index is 0.0178. The fourth-order valence-corrected chi connectivity index (χ4v) is 2.20. The minimum Gasteiger partial charge on any atom is -0.504 e. The summed E-state index contributed by atoms with van der Waals surface area (Å²) in [5.74, 6) is -0.678. The van der Waals surface area contributed by atoms with E-state index in [0.29, 0.717) is 11.3 Å². The van der Waals surface area contributed by atoms with Crippen LogP contribution in [-0.2, 0) is 4.79 Å². The second-order valence-electron chi connectivity index (χ2n) is 4.41. The summed E-state index contributed by atoms with van der Waals surface area (Å²) in [6, 6.07) is 9.74. The number of carbonyl (C=O) groups is 1. The minimum atomic E-state index is -0.449. The third-order valence-corrected chi connectivity index (χ3v) is 3.42. The molecule has 2 aromatic rings. The summed E-state index contributed by atoms with van der Waals surface area (Å²) in [4.78, 5) is 11.6. The highest BCUT2D eigenvalue weighted by atomic mass is 79.9. The van der Waals surface area contributed by atoms with E-state index in [-0.39, 0.29) is 17.4 Å². The van der Waals surface area contributed by atoms with Gasteiger partial charge in [0.15, 0.2) is 18.1 Å². The Balaban J connectivity index is 1.86. The molecule has 0 atom stereocenters. The van der Waals surface area contributed by atoms with E-state index < -0.39 is 11.7 Å². The number of amides is 1. The lowest BCUT2D eigenvalue weighted by Gasteiger charge is -2.05. The van der Waals surface area contributed by atoms with Crippen LogP contribution < -0.4 is 10.2 Å². The number of nitrogens with zero attached hydrogens (tertiary/aromatic N) is 1. The molecule has 2 aromatic carbocycles. The molecule has 0 aliphatic heterocycles. The molecule has 6 nitrogen and oxygen atoms in total. The molecule has 23 heavy (non-hydrogen) atoms. The lowest BCUT2D eigenvalue weighted by Crippen LogP contribution is -2.24. The van der Waals surface area contributed by atoms with Gasteiger partial charge in [-0.2, -0.15) is 5.10 Å². The third-order valence-electron chi connectivity index (χ3n) is 2.63. The summed E-state index contributed by atoms with van der Waals surface area (Å²) in [5, 5.41) is 22.4. The second-order valence-corrected chi connectivity index (χ2v) is 5.73. The van der Waals surface area contributed by atoms with Crippen molar-refractivity contribution in [1.29, 1.82) is 0 Å². The topological polar surface area (TPSA) is 91.2 Å². The van der Waals surface area contributed by atoms with Gasteiger partial charge in [-0.1, -0.05) is 33.6 Å². The fraction of sp³-hybridized carbons (Fsp3) is 0.0667. The maximum atomic E-state index is 11.6. The van der Waals surface area contributed by atoms with Gasteiger partial charge in [-0.3, -0.25) is 4.79 Å². The maximum Gasteiger partial charge on any atom is 0.277 e. The molecule has 0 radical (unpaired) electrons. The monoisotopic (exact) mass is 398 g/mol. The molecule has 2 rings (SSSR count). The Bertz CT molecular complexity index is 729. The number of halogens is 2. The van der Waals surface area contributed by atoms with Crippen LogP contribution in [0.4, 0.5) is 0 Å². The fourth-order valence-electron chi connectivity index (χ4n) is 1.60. The molecule has 0 heterocycles. The van der Waals surface area contributed by atoms with E-state index in [1.165, 1.54) is 18.3 Å². The van der Waals surface area contributed by atoms with Crippen LogP contribution >= 0.6 is 27.5 Å². The third kappa shape index (κ3) is 5.15. The summed E-state index contributed by atoms with van der Waals surface area (Å²) in [5.41, 5.74) is 2.69. The first-order valence-corrected chi connectivity index (χ1v) is 7.54. The van der Waals surface area contributed by atoms with Crippen molar-refractivity contribution in [3.8, 4) is 17.2 Å². The van der Waals surface area contributed by atoms with E-state index >= 15 is 0 Å². The van der Waals surface area contributed by atoms with Gasteiger partial charge in [0.2, 0.25) is 0 Å². The SMILES string of the molecule is O=C(COc1cccc(Br)c1)N/N=C/c1cc(O)c(O)c(Cl)c1. The lowest BCUT2D eigenvalue weighted by atomic mass is 10.2. The summed E-state index contributed by atoms with van der Waals surface area (Å²) < 4.78 is 6.14. The van der Waals surface area contributed by atoms with E-state index in [4.69, 9.17) is 16.3 Å². The quantitative estimate of drug-likeness (QED) is 0.409. The van der Waals surface area contributed by atoms with Gasteiger partial charge in [-0.15, -0.1) is 0 Å². The van der Waals surface area contributed by atoms with E-state index in [1.807, 2.05) is 6.07 Å². The molecule has 120 valence electrons. The van der Waals surface area contributed by atoms with Crippen LogP contribution in [0.25, 0.3) is 0 Å². The highest BCUT2D eigenvalue weighted by Gasteiger charge is 2.06. The van der Waals surface area contributed by atoms with E-state index in [9.17, 15) is 15.0 Å². The highest BCUT2D eigenvalue weighted by molar-refractivity contribution is 9.10. The first-order chi connectivity index (χ1) is 11.0. The van der Waals surface area contributed by atoms with Crippen molar-refractivity contribution in [2.24, 2.45) is 5.10 Å². The summed E-state index contributed by atoms with van der Waals surface area (Å²) in [6.45, 7) is -0.199. The number of hydrogen-bond acceptors (Lipinski definition) is 5. The Morgan fingerprint density at radius 1 is 1.35 bits per heavy atom. The predicted octanol–water partition coefficient (Wildman–Crippen LogP) is 3.04. The Hall–Kier alpha value is -2.25. The number of carbonyl (C=O) groups excluding carboxylic acids is 1. The van der Waals surface area contributed by atoms with Gasteiger partial charge >= 0.3 is 0 Å². The Morgan fingerprint density at radius 2 is 2.13 bits per heavy atom. The van der Waals surface area contributed by atoms with Crippen molar-refractivity contribution in [3.05, 3.63) is 51.5 Å². The van der Waals surface area contributed by atoms with Crippen LogP contribution in [0, 0.1) is 0 Å². The van der Waals surface area contributed by atoms with E-state index in [0.717, 1.165) is 4.47 Å². The Labute approximate surface area is 145 Å². The summed E-state index contributed by atoms with van der Waals surface area (Å²) in [7, 11) is 0. The van der Waals surface area contributed by atoms with Gasteiger partial charge in [-0.05, 0) is 35.9 Å². The Morgan fingerprint density at radius 3 is 2.83 bits per heavy atom. The van der Waals surface area contributed by atoms with Crippen LogP contribution in [0.5, 0.6) is 17.2 Å². The average Bonchev–Trinajstić information content (AvgIpc) is 2.50. The molecule has 0 aromatic heterocycles. The van der Waals surface area contributed by atoms with E-state index in [2.05, 4.69) is 26.5 Å². The van der Waals surface area contributed by atoms with Crippen LogP contribution in [0.3, 0.4) is 0 Å². The molecular weight excluding hydrogens is 388 g/mol. The molecule has 0 saturated carbocycles. The molecule has 8 heteroatoms. The van der Waals surface area contributed by atoms with Gasteiger partial charge in [-0.25, -0.2) is 5.43 Å². The van der Waals surface area contributed by atoms with Gasteiger partial charge < -0.3 is 14.9 Å². The number of nitrogens with one attached hydrogen (secondary N) is 1. The smallest absolute Gasteiger partial charge is 0.277 e. The molecule has 0 bridgehead atoms. The van der Waals surface area contributed by atoms with Crippen LogP contribution in [0.15, 0.2) is 46.0 Å². The zero-order valence-corrected chi connectivity index (χ0v) is 14.0. The molecule has 0 aliphatic carbocycles. The number of phenolic OH excluding ortho intramolecular Hbond substituents is 2. The van der Waals surface area contributed by atoms with Crippen molar-refractivity contribution in [3.63, 3.8) is 0 Å². The summed E-state index contributed by atoms with van der Waals surface area (Å²) >= 11 is 9.01. The molecule has 0 saturated heterocycles. The average molecular weight is 400 g/mol. The number of aromatic hydroxyl groups is 2. The van der Waals surface area contributed by atoms with Crippen molar-refractivity contribution in [1.82, 2.24) is 5.43 Å². The van der Waals surface area contributed by atoms with Crippen molar-refractivity contribution in [2.75, 3.05) is 6.61 Å². The molecule has 0 aliphatic rings. The van der Waals surface area contributed by atoms with Crippen molar-refractivity contribution in [2.45, 2.75) is 0 Å². The maximum absolute atomic E-state index is 11.6. The molecule has 0 spiro atoms. The van der Waals surface area contributed by atoms with Gasteiger partial charge in [0.05, 0.1) is 11.2 Å². The van der Waals surface area contributed by atoms with Gasteiger partial charge in [0, 0.05) is 4.47 Å². The van der Waals surface area contributed by atoms with Crippen LogP contribution in [-0.4, -0.2) is 28.9 Å². The van der Waals surface area contributed by atoms with Crippen molar-refractivity contribution >= 4 is 39.7 Å². The molecule has 0 unspecified atom stereocenters. The summed E-state index contributed by atoms with van der Waals surface area (Å²) in [6.07, 6.45) is 1.28. The standard InChI is InChI=1S/C15H12BrClN2O4/c16-10-2-1-3-11(6-10)23-8-14(21)19-18-7-9-4-12(17)15(22)13(20)5-9/h1-7,20,22H,8H2,(H,19,21)/b18-7+. The molecule has 3 N–H and O–H groups in total. The zero-order valence-electron chi connectivity index (χ0n) is 11.7. The van der Waals surface area contributed by atoms with Gasteiger partial charge in [0.25, 0.3) is 5.91 Å². The molecular formula is C15H12BrClN2O4. The first-order valence-electron chi connectivity index (χ1n) is 6.37. The number of hydrogen-bond donors (Lipinski definition) is 3. The predicted molar refractivity (Wildman–Crippen MR) is 90.2 cm³/mol. The number of phenols is 2. The number of benzene rings is 2. The largest absolute Gasteiger partial charge is 0.504 e. The van der Waals surface area contributed by atoms with Crippen LogP contribution in [0.2, 0.25) is 5.02 Å². The number of rotatable bonds is 5. The van der Waals surface area contributed by atoms with Crippen LogP contribution in [0.1, 0.15) is 5.56 Å². The number of ether oxygens (including phenoxy) is 1. The van der Waals surface area contributed by atoms with E-state index in [1.54, 1.807) is 18.2 Å². The number of hydrazone groups is 1. The lowest BCUT2D eigenvalue weighted by molar-refractivity contribution is -0.123. The molecule has 0 fully saturated rings. The zero-order chi connectivity index (χ0) is 16.8. The van der Waals surface area contributed by atoms with Crippen molar-refractivity contribution < 1.29 is 19.7 Å². The molecule has 1 amide bonds. The Kier molecular flexibility index (Phi) is 5.84. The van der Waals surface area contributed by atoms with Gasteiger partial charge in [0.1, 0.15) is 5.75 Å². The first kappa shape index (κ1) is 17.1. The normalized spacial score (nSPS) is 10.7. The second kappa shape index (κ2) is 7.85. The highest BCUT2D eigenvalue weighted by Crippen LogP contribution is 2.33.